The van der Waals surface area contributed by atoms with Crippen LogP contribution in [0.3, 0.4) is 0 Å². The minimum Gasteiger partial charge on any atom is -0.211 e. The highest BCUT2D eigenvalue weighted by molar-refractivity contribution is 7.99. The van der Waals surface area contributed by atoms with Crippen LogP contribution in [0.5, 0.6) is 0 Å². The molecule has 0 unspecified atom stereocenters. The first-order chi connectivity index (χ1) is 8.77. The fourth-order valence-corrected chi connectivity index (χ4v) is 2.69. The zero-order valence-electron chi connectivity index (χ0n) is 8.97. The van der Waals surface area contributed by atoms with Gasteiger partial charge in [0.1, 0.15) is 0 Å². The summed E-state index contributed by atoms with van der Waals surface area (Å²) < 4.78 is 49.5. The third-order valence-corrected chi connectivity index (χ3v) is 3.96. The molecule has 1 aromatic carbocycles. The molecule has 0 aliphatic rings. The molecule has 0 bridgehead atoms. The lowest BCUT2D eigenvalue weighted by Gasteiger charge is -2.15. The fourth-order valence-electron chi connectivity index (χ4n) is 1.03. The average molecular weight is 334 g/mol. The van der Waals surface area contributed by atoms with Crippen molar-refractivity contribution >= 4 is 46.7 Å². The van der Waals surface area contributed by atoms with Gasteiger partial charge in [-0.05, 0) is 12.1 Å². The van der Waals surface area contributed by atoms with E-state index in [0.29, 0.717) is 11.8 Å². The summed E-state index contributed by atoms with van der Waals surface area (Å²) in [6, 6.07) is 2.39. The van der Waals surface area contributed by atoms with E-state index in [1.54, 1.807) is 0 Å². The van der Waals surface area contributed by atoms with Crippen LogP contribution in [0.4, 0.5) is 23.2 Å². The predicted molar refractivity (Wildman–Crippen MR) is 65.9 cm³/mol. The Morgan fingerprint density at radius 1 is 1.32 bits per heavy atom. The van der Waals surface area contributed by atoms with Gasteiger partial charge in [-0.1, -0.05) is 23.2 Å². The van der Waals surface area contributed by atoms with E-state index in [4.69, 9.17) is 23.2 Å². The Labute approximate surface area is 119 Å². The van der Waals surface area contributed by atoms with Gasteiger partial charge in [-0.15, -0.1) is 11.8 Å². The van der Waals surface area contributed by atoms with E-state index in [0.717, 1.165) is 0 Å². The first-order valence-electron chi connectivity index (χ1n) is 4.63. The molecule has 0 amide bonds. The number of rotatable bonds is 5. The van der Waals surface area contributed by atoms with Gasteiger partial charge in [-0.25, -0.2) is 13.6 Å². The molecule has 0 N–H and O–H groups in total. The number of aliphatic imine (C=N–C) groups is 1. The molecule has 0 aliphatic carbocycles. The molecule has 2 nitrogen and oxygen atoms in total. The summed E-state index contributed by atoms with van der Waals surface area (Å²) in [5.41, 5.74) is 0.0926. The number of benzene rings is 1. The molecule has 0 radical (unpaired) electrons. The molecule has 104 valence electrons. The summed E-state index contributed by atoms with van der Waals surface area (Å²) in [7, 11) is 0. The number of alkyl halides is 4. The van der Waals surface area contributed by atoms with E-state index >= 15 is 0 Å². The molecule has 0 aliphatic heterocycles. The Morgan fingerprint density at radius 3 is 2.26 bits per heavy atom. The zero-order valence-corrected chi connectivity index (χ0v) is 11.3. The molecule has 0 saturated heterocycles. The predicted octanol–water partition coefficient (Wildman–Crippen LogP) is 4.95. The molecule has 0 atom stereocenters. The minimum absolute atomic E-state index is 0.0218. The summed E-state index contributed by atoms with van der Waals surface area (Å²) in [6.07, 6.45) is -2.51. The van der Waals surface area contributed by atoms with Crippen molar-refractivity contribution in [3.05, 3.63) is 22.2 Å². The standard InChI is InChI=1S/C10H5Cl2F4NOS/c11-6-1-5(17-4-18)2-7(12)8(6)19-3-10(15,16)9(13)14/h1-2,9H,3H2. The Bertz CT molecular complexity index is 497. The zero-order chi connectivity index (χ0) is 14.6. The van der Waals surface area contributed by atoms with Gasteiger partial charge in [0.2, 0.25) is 6.08 Å². The van der Waals surface area contributed by atoms with Crippen LogP contribution in [0.25, 0.3) is 0 Å². The Balaban J connectivity index is 2.94. The lowest BCUT2D eigenvalue weighted by atomic mass is 10.3. The van der Waals surface area contributed by atoms with Crippen molar-refractivity contribution in [1.29, 1.82) is 0 Å². The van der Waals surface area contributed by atoms with E-state index in [-0.39, 0.29) is 20.6 Å². The maximum Gasteiger partial charge on any atom is 0.316 e. The molecule has 9 heteroatoms. The first-order valence-corrected chi connectivity index (χ1v) is 6.37. The van der Waals surface area contributed by atoms with E-state index in [2.05, 4.69) is 4.99 Å². The summed E-state index contributed by atoms with van der Waals surface area (Å²) >= 11 is 11.9. The van der Waals surface area contributed by atoms with Crippen LogP contribution in [-0.2, 0) is 4.79 Å². The molecule has 0 fully saturated rings. The second-order valence-electron chi connectivity index (χ2n) is 3.29. The lowest BCUT2D eigenvalue weighted by molar-refractivity contribution is -0.109. The van der Waals surface area contributed by atoms with Crippen LogP contribution in [0.15, 0.2) is 22.0 Å². The van der Waals surface area contributed by atoms with Crippen LogP contribution in [0, 0.1) is 0 Å². The van der Waals surface area contributed by atoms with Crippen LogP contribution < -0.4 is 0 Å². The van der Waals surface area contributed by atoms with E-state index in [1.807, 2.05) is 0 Å². The quantitative estimate of drug-likeness (QED) is 0.330. The highest BCUT2D eigenvalue weighted by atomic mass is 35.5. The third-order valence-electron chi connectivity index (χ3n) is 1.89. The van der Waals surface area contributed by atoms with Crippen molar-refractivity contribution in [2.45, 2.75) is 17.2 Å². The number of hydrogen-bond donors (Lipinski definition) is 0. The number of thioether (sulfide) groups is 1. The molecule has 0 aromatic heterocycles. The topological polar surface area (TPSA) is 29.4 Å². The molecule has 0 spiro atoms. The summed E-state index contributed by atoms with van der Waals surface area (Å²) in [5.74, 6) is -5.31. The molecule has 1 rings (SSSR count). The highest BCUT2D eigenvalue weighted by Crippen LogP contribution is 2.40. The summed E-state index contributed by atoms with van der Waals surface area (Å²) in [6.45, 7) is 0. The van der Waals surface area contributed by atoms with Gasteiger partial charge in [-0.2, -0.15) is 13.8 Å². The number of isocyanates is 1. The van der Waals surface area contributed by atoms with Crippen LogP contribution in [0.2, 0.25) is 10.0 Å². The molecular formula is C10H5Cl2F4NOS. The summed E-state index contributed by atoms with van der Waals surface area (Å²) in [5, 5.41) is -0.117. The molecule has 0 heterocycles. The maximum absolute atomic E-state index is 12.8. The van der Waals surface area contributed by atoms with E-state index < -0.39 is 18.1 Å². The van der Waals surface area contributed by atoms with Crippen LogP contribution >= 0.6 is 35.0 Å². The first kappa shape index (κ1) is 16.3. The lowest BCUT2D eigenvalue weighted by Crippen LogP contribution is -2.29. The number of hydrogen-bond acceptors (Lipinski definition) is 3. The van der Waals surface area contributed by atoms with Gasteiger partial charge in [0.05, 0.1) is 21.5 Å². The molecule has 0 saturated carbocycles. The summed E-state index contributed by atoms with van der Waals surface area (Å²) in [4.78, 5) is 13.3. The Hall–Kier alpha value is -0.750. The van der Waals surface area contributed by atoms with Crippen molar-refractivity contribution < 1.29 is 22.4 Å². The van der Waals surface area contributed by atoms with Gasteiger partial charge < -0.3 is 0 Å². The van der Waals surface area contributed by atoms with Crippen molar-refractivity contribution in [3.8, 4) is 0 Å². The number of nitrogens with zero attached hydrogens (tertiary/aromatic N) is 1. The van der Waals surface area contributed by atoms with Crippen molar-refractivity contribution in [1.82, 2.24) is 0 Å². The normalized spacial score (nSPS) is 11.5. The Kier molecular flexibility index (Phi) is 5.67. The largest absolute Gasteiger partial charge is 0.316 e. The van der Waals surface area contributed by atoms with Crippen molar-refractivity contribution in [2.24, 2.45) is 4.99 Å². The second-order valence-corrected chi connectivity index (χ2v) is 5.09. The van der Waals surface area contributed by atoms with Gasteiger partial charge in [-0.3, -0.25) is 0 Å². The Morgan fingerprint density at radius 2 is 1.84 bits per heavy atom. The van der Waals surface area contributed by atoms with E-state index in [9.17, 15) is 22.4 Å². The monoisotopic (exact) mass is 333 g/mol. The third kappa shape index (κ3) is 4.38. The van der Waals surface area contributed by atoms with Crippen molar-refractivity contribution in [2.75, 3.05) is 5.75 Å². The number of carbonyl (C=O) groups excluding carboxylic acids is 1. The van der Waals surface area contributed by atoms with Gasteiger partial charge >= 0.3 is 12.3 Å². The van der Waals surface area contributed by atoms with Gasteiger partial charge in [0.15, 0.2) is 0 Å². The smallest absolute Gasteiger partial charge is 0.211 e. The van der Waals surface area contributed by atoms with E-state index in [1.165, 1.54) is 18.2 Å². The second kappa shape index (κ2) is 6.61. The molecular weight excluding hydrogens is 329 g/mol. The van der Waals surface area contributed by atoms with Crippen LogP contribution in [-0.4, -0.2) is 24.2 Å². The molecule has 19 heavy (non-hydrogen) atoms. The fraction of sp³-hybridized carbons (Fsp3) is 0.300. The highest BCUT2D eigenvalue weighted by Gasteiger charge is 2.40. The average Bonchev–Trinajstić information content (AvgIpc) is 2.27. The van der Waals surface area contributed by atoms with Crippen molar-refractivity contribution in [3.63, 3.8) is 0 Å². The SMILES string of the molecule is O=C=Nc1cc(Cl)c(SCC(F)(F)C(F)F)c(Cl)c1. The minimum atomic E-state index is -4.14. The maximum atomic E-state index is 12.8. The number of halogens is 6. The van der Waals surface area contributed by atoms with Gasteiger partial charge in [0.25, 0.3) is 0 Å². The van der Waals surface area contributed by atoms with Crippen LogP contribution in [0.1, 0.15) is 0 Å². The molecule has 1 aromatic rings. The van der Waals surface area contributed by atoms with Gasteiger partial charge in [0, 0.05) is 4.90 Å².